The molecule has 2 N–H and O–H groups in total. The highest BCUT2D eigenvalue weighted by atomic mass is 16.6. The molecule has 184 valence electrons. The maximum absolute atomic E-state index is 13.4. The van der Waals surface area contributed by atoms with Crippen LogP contribution in [0.5, 0.6) is 0 Å². The van der Waals surface area contributed by atoms with Crippen LogP contribution < -0.4 is 10.6 Å². The Hall–Kier alpha value is -2.57. The summed E-state index contributed by atoms with van der Waals surface area (Å²) < 4.78 is 5.27. The number of nitrogens with one attached hydrogen (secondary N) is 2. The number of unbranched alkanes of at least 4 members (excludes halogenated alkanes) is 2. The summed E-state index contributed by atoms with van der Waals surface area (Å²) in [6, 6.07) is 5.16. The molecule has 1 aromatic rings. The van der Waals surface area contributed by atoms with Crippen molar-refractivity contribution in [1.29, 1.82) is 0 Å². The second kappa shape index (κ2) is 12.1. The van der Waals surface area contributed by atoms with Crippen molar-refractivity contribution in [3.8, 4) is 0 Å². The van der Waals surface area contributed by atoms with E-state index >= 15 is 0 Å². The van der Waals surface area contributed by atoms with E-state index in [4.69, 9.17) is 4.74 Å². The van der Waals surface area contributed by atoms with Gasteiger partial charge in [0.15, 0.2) is 0 Å². The minimum absolute atomic E-state index is 0.0223. The van der Waals surface area contributed by atoms with Crippen LogP contribution in [0.1, 0.15) is 89.0 Å². The first-order valence-electron chi connectivity index (χ1n) is 12.2. The number of nitrogens with zero attached hydrogens (tertiary/aromatic N) is 1. The van der Waals surface area contributed by atoms with Crippen molar-refractivity contribution in [2.45, 2.75) is 97.8 Å². The second-order valence-electron chi connectivity index (χ2n) is 9.99. The maximum Gasteiger partial charge on any atom is 0.408 e. The van der Waals surface area contributed by atoms with Crippen LogP contribution in [0.2, 0.25) is 0 Å². The smallest absolute Gasteiger partial charge is 0.408 e. The Morgan fingerprint density at radius 3 is 2.33 bits per heavy atom. The highest BCUT2D eigenvalue weighted by Crippen LogP contribution is 2.33. The van der Waals surface area contributed by atoms with Crippen molar-refractivity contribution < 1.29 is 19.1 Å². The van der Waals surface area contributed by atoms with Crippen LogP contribution in [0.15, 0.2) is 18.2 Å². The van der Waals surface area contributed by atoms with E-state index < -0.39 is 17.7 Å². The molecule has 1 fully saturated rings. The van der Waals surface area contributed by atoms with E-state index in [1.54, 1.807) is 25.7 Å². The van der Waals surface area contributed by atoms with E-state index in [2.05, 4.69) is 17.6 Å². The summed E-state index contributed by atoms with van der Waals surface area (Å²) in [7, 11) is 0. The molecule has 0 heterocycles. The summed E-state index contributed by atoms with van der Waals surface area (Å²) in [6.45, 7) is 11.8. The fourth-order valence-corrected chi connectivity index (χ4v) is 3.83. The molecule has 0 radical (unpaired) electrons. The SMILES string of the molecule is CCCCCNC(=O)C(c1ccc(C)c(C)c1)N(C(=O)CNC(=O)OC(C)(C)C)C1CCC1. The van der Waals surface area contributed by atoms with Crippen molar-refractivity contribution in [2.24, 2.45) is 0 Å². The Labute approximate surface area is 198 Å². The molecular formula is C26H41N3O4. The quantitative estimate of drug-likeness (QED) is 0.502. The molecule has 33 heavy (non-hydrogen) atoms. The van der Waals surface area contributed by atoms with Crippen LogP contribution in [0.3, 0.4) is 0 Å². The fourth-order valence-electron chi connectivity index (χ4n) is 3.83. The minimum atomic E-state index is -0.732. The van der Waals surface area contributed by atoms with Crippen LogP contribution in [0, 0.1) is 13.8 Å². The van der Waals surface area contributed by atoms with E-state index in [-0.39, 0.29) is 24.4 Å². The minimum Gasteiger partial charge on any atom is -0.444 e. The Balaban J connectivity index is 2.27. The topological polar surface area (TPSA) is 87.7 Å². The lowest BCUT2D eigenvalue weighted by Crippen LogP contribution is -2.54. The molecule has 0 bridgehead atoms. The number of hydrogen-bond acceptors (Lipinski definition) is 4. The second-order valence-corrected chi connectivity index (χ2v) is 9.99. The molecule has 1 saturated carbocycles. The first-order chi connectivity index (χ1) is 15.5. The summed E-state index contributed by atoms with van der Waals surface area (Å²) >= 11 is 0. The molecule has 7 nitrogen and oxygen atoms in total. The third-order valence-corrected chi connectivity index (χ3v) is 5.99. The van der Waals surface area contributed by atoms with Gasteiger partial charge in [0, 0.05) is 12.6 Å². The Bertz CT molecular complexity index is 827. The van der Waals surface area contributed by atoms with E-state index in [0.717, 1.165) is 55.2 Å². The molecule has 0 aromatic heterocycles. The van der Waals surface area contributed by atoms with Crippen LogP contribution >= 0.6 is 0 Å². The number of alkyl carbamates (subject to hydrolysis) is 1. The Kier molecular flexibility index (Phi) is 9.74. The molecule has 1 atom stereocenters. The van der Waals surface area contributed by atoms with Crippen molar-refractivity contribution in [2.75, 3.05) is 13.1 Å². The molecule has 3 amide bonds. The monoisotopic (exact) mass is 459 g/mol. The first-order valence-corrected chi connectivity index (χ1v) is 12.2. The van der Waals surface area contributed by atoms with Crippen molar-refractivity contribution in [1.82, 2.24) is 15.5 Å². The molecule has 0 aliphatic heterocycles. The number of amides is 3. The van der Waals surface area contributed by atoms with Gasteiger partial charge in [0.1, 0.15) is 18.2 Å². The molecule has 2 rings (SSSR count). The van der Waals surface area contributed by atoms with Gasteiger partial charge in [-0.3, -0.25) is 9.59 Å². The lowest BCUT2D eigenvalue weighted by atomic mass is 9.88. The number of rotatable bonds is 10. The van der Waals surface area contributed by atoms with Gasteiger partial charge >= 0.3 is 6.09 Å². The van der Waals surface area contributed by atoms with Gasteiger partial charge in [-0.25, -0.2) is 4.79 Å². The first kappa shape index (κ1) is 26.7. The van der Waals surface area contributed by atoms with Gasteiger partial charge in [0.25, 0.3) is 0 Å². The summed E-state index contributed by atoms with van der Waals surface area (Å²) in [4.78, 5) is 40.6. The van der Waals surface area contributed by atoms with E-state index in [0.29, 0.717) is 6.54 Å². The summed E-state index contributed by atoms with van der Waals surface area (Å²) in [6.07, 6.45) is 5.09. The molecule has 1 aliphatic rings. The predicted molar refractivity (Wildman–Crippen MR) is 130 cm³/mol. The zero-order chi connectivity index (χ0) is 24.6. The number of ether oxygens (including phenoxy) is 1. The Morgan fingerprint density at radius 1 is 1.09 bits per heavy atom. The maximum atomic E-state index is 13.4. The third-order valence-electron chi connectivity index (χ3n) is 5.99. The summed E-state index contributed by atoms with van der Waals surface area (Å²) in [5.74, 6) is -0.454. The molecule has 1 aliphatic carbocycles. The normalized spacial score (nSPS) is 14.7. The third kappa shape index (κ3) is 8.06. The fraction of sp³-hybridized carbons (Fsp3) is 0.654. The number of hydrogen-bond donors (Lipinski definition) is 2. The highest BCUT2D eigenvalue weighted by molar-refractivity contribution is 5.90. The van der Waals surface area contributed by atoms with Gasteiger partial charge < -0.3 is 20.3 Å². The standard InChI is InChI=1S/C26H41N3O4/c1-7-8-9-15-27-24(31)23(20-14-13-18(2)19(3)16-20)29(21-11-10-12-21)22(30)17-28-25(32)33-26(4,5)6/h13-14,16,21,23H,7-12,15,17H2,1-6H3,(H,27,31)(H,28,32). The largest absolute Gasteiger partial charge is 0.444 e. The van der Waals surface area contributed by atoms with Crippen LogP contribution in [0.25, 0.3) is 0 Å². The number of carbonyl (C=O) groups excluding carboxylic acids is 3. The number of benzene rings is 1. The van der Waals surface area contributed by atoms with Crippen molar-refractivity contribution >= 4 is 17.9 Å². The van der Waals surface area contributed by atoms with Gasteiger partial charge in [0.2, 0.25) is 11.8 Å². The predicted octanol–water partition coefficient (Wildman–Crippen LogP) is 4.56. The van der Waals surface area contributed by atoms with Gasteiger partial charge in [-0.05, 0) is 77.0 Å². The zero-order valence-corrected chi connectivity index (χ0v) is 21.1. The molecule has 1 aromatic carbocycles. The Morgan fingerprint density at radius 2 is 1.79 bits per heavy atom. The highest BCUT2D eigenvalue weighted by Gasteiger charge is 2.38. The summed E-state index contributed by atoms with van der Waals surface area (Å²) in [5, 5.41) is 5.60. The van der Waals surface area contributed by atoms with Crippen molar-refractivity contribution in [3.05, 3.63) is 34.9 Å². The van der Waals surface area contributed by atoms with Gasteiger partial charge in [-0.1, -0.05) is 38.0 Å². The molecule has 7 heteroatoms. The molecular weight excluding hydrogens is 418 g/mol. The lowest BCUT2D eigenvalue weighted by molar-refractivity contribution is -0.145. The molecule has 0 saturated heterocycles. The van der Waals surface area contributed by atoms with E-state index in [1.165, 1.54) is 0 Å². The van der Waals surface area contributed by atoms with Gasteiger partial charge in [-0.2, -0.15) is 0 Å². The average molecular weight is 460 g/mol. The molecule has 1 unspecified atom stereocenters. The van der Waals surface area contributed by atoms with Gasteiger partial charge in [0.05, 0.1) is 0 Å². The zero-order valence-electron chi connectivity index (χ0n) is 21.1. The van der Waals surface area contributed by atoms with Crippen molar-refractivity contribution in [3.63, 3.8) is 0 Å². The number of carbonyl (C=O) groups is 3. The average Bonchev–Trinajstić information content (AvgIpc) is 2.69. The molecule has 0 spiro atoms. The van der Waals surface area contributed by atoms with Crippen LogP contribution in [-0.4, -0.2) is 47.5 Å². The van der Waals surface area contributed by atoms with E-state index in [1.807, 2.05) is 32.0 Å². The van der Waals surface area contributed by atoms with Gasteiger partial charge in [-0.15, -0.1) is 0 Å². The lowest BCUT2D eigenvalue weighted by Gasteiger charge is -2.42. The number of aryl methyl sites for hydroxylation is 2. The van der Waals surface area contributed by atoms with Crippen LogP contribution in [-0.2, 0) is 14.3 Å². The van der Waals surface area contributed by atoms with Crippen LogP contribution in [0.4, 0.5) is 4.79 Å². The summed E-state index contributed by atoms with van der Waals surface area (Å²) in [5.41, 5.74) is 2.35. The van der Waals surface area contributed by atoms with E-state index in [9.17, 15) is 14.4 Å².